The zero-order valence-corrected chi connectivity index (χ0v) is 14.3. The van der Waals surface area contributed by atoms with Gasteiger partial charge in [-0.05, 0) is 62.2 Å². The minimum absolute atomic E-state index is 0.263. The Kier molecular flexibility index (Phi) is 6.04. The summed E-state index contributed by atoms with van der Waals surface area (Å²) in [6.45, 7) is 3.87. The molecule has 132 valence electrons. The first-order chi connectivity index (χ1) is 12.2. The number of ether oxygens (including phenoxy) is 1. The van der Waals surface area contributed by atoms with Crippen molar-refractivity contribution in [1.82, 2.24) is 14.7 Å². The fraction of sp³-hybridized carbons (Fsp3) is 0.474. The van der Waals surface area contributed by atoms with E-state index in [1.165, 1.54) is 0 Å². The molecular weight excluding hydrogens is 316 g/mol. The lowest BCUT2D eigenvalue weighted by Crippen LogP contribution is -2.41. The number of aliphatic hydroxyl groups excluding tert-OH is 1. The van der Waals surface area contributed by atoms with Crippen molar-refractivity contribution in [1.29, 1.82) is 5.26 Å². The first kappa shape index (κ1) is 17.5. The fourth-order valence-electron chi connectivity index (χ4n) is 3.19. The molecule has 0 saturated carbocycles. The summed E-state index contributed by atoms with van der Waals surface area (Å²) in [5.74, 6) is 1.33. The molecule has 2 heterocycles. The van der Waals surface area contributed by atoms with E-state index in [1.54, 1.807) is 24.3 Å². The molecule has 1 saturated heterocycles. The van der Waals surface area contributed by atoms with E-state index >= 15 is 0 Å². The molecule has 0 aliphatic carbocycles. The van der Waals surface area contributed by atoms with Crippen LogP contribution in [0.4, 0.5) is 0 Å². The summed E-state index contributed by atoms with van der Waals surface area (Å²) in [7, 11) is 0. The Morgan fingerprint density at radius 3 is 2.68 bits per heavy atom. The van der Waals surface area contributed by atoms with E-state index in [0.717, 1.165) is 32.5 Å². The maximum Gasteiger partial charge on any atom is 0.119 e. The number of piperidine rings is 1. The standard InChI is InChI=1S/C19H24N4O2/c20-12-16-2-4-19(5-3-16)25-15-18(24)14-22-10-6-17(7-11-22)13-23-9-1-8-21-23/h1-5,8-9,17-18,24H,6-7,10-11,13-15H2/t18-/m1/s1. The van der Waals surface area contributed by atoms with Gasteiger partial charge in [-0.2, -0.15) is 10.4 Å². The van der Waals surface area contributed by atoms with Crippen LogP contribution >= 0.6 is 0 Å². The summed E-state index contributed by atoms with van der Waals surface area (Å²) in [4.78, 5) is 2.30. The fourth-order valence-corrected chi connectivity index (χ4v) is 3.19. The monoisotopic (exact) mass is 340 g/mol. The molecule has 0 amide bonds. The molecule has 3 rings (SSSR count). The smallest absolute Gasteiger partial charge is 0.119 e. The highest BCUT2D eigenvalue weighted by atomic mass is 16.5. The molecule has 0 unspecified atom stereocenters. The van der Waals surface area contributed by atoms with Crippen molar-refractivity contribution in [2.45, 2.75) is 25.5 Å². The van der Waals surface area contributed by atoms with Gasteiger partial charge < -0.3 is 14.7 Å². The number of hydrogen-bond donors (Lipinski definition) is 1. The zero-order chi connectivity index (χ0) is 17.5. The van der Waals surface area contributed by atoms with Gasteiger partial charge in [0.05, 0.1) is 11.6 Å². The van der Waals surface area contributed by atoms with Crippen molar-refractivity contribution >= 4 is 0 Å². The molecule has 25 heavy (non-hydrogen) atoms. The van der Waals surface area contributed by atoms with Crippen LogP contribution in [-0.4, -0.2) is 52.1 Å². The highest BCUT2D eigenvalue weighted by Gasteiger charge is 2.21. The van der Waals surface area contributed by atoms with Crippen LogP contribution in [0.2, 0.25) is 0 Å². The second-order valence-electron chi connectivity index (χ2n) is 6.57. The Morgan fingerprint density at radius 1 is 1.28 bits per heavy atom. The molecule has 0 bridgehead atoms. The third kappa shape index (κ3) is 5.31. The van der Waals surface area contributed by atoms with Crippen LogP contribution < -0.4 is 4.74 Å². The van der Waals surface area contributed by atoms with E-state index in [0.29, 0.717) is 23.8 Å². The number of aliphatic hydroxyl groups is 1. The Hall–Kier alpha value is -2.36. The SMILES string of the molecule is N#Cc1ccc(OC[C@H](O)CN2CCC(Cn3cccn3)CC2)cc1. The number of hydrogen-bond acceptors (Lipinski definition) is 5. The molecule has 1 aromatic heterocycles. The van der Waals surface area contributed by atoms with Crippen molar-refractivity contribution in [3.05, 3.63) is 48.3 Å². The van der Waals surface area contributed by atoms with E-state index in [-0.39, 0.29) is 6.61 Å². The maximum atomic E-state index is 10.2. The first-order valence-electron chi connectivity index (χ1n) is 8.74. The molecular formula is C19H24N4O2. The molecule has 2 aromatic rings. The van der Waals surface area contributed by atoms with Gasteiger partial charge in [0.1, 0.15) is 18.5 Å². The van der Waals surface area contributed by atoms with Crippen LogP contribution in [-0.2, 0) is 6.54 Å². The summed E-state index contributed by atoms with van der Waals surface area (Å²) in [6, 6.07) is 11.0. The van der Waals surface area contributed by atoms with Gasteiger partial charge in [0, 0.05) is 25.5 Å². The second kappa shape index (κ2) is 8.65. The lowest BCUT2D eigenvalue weighted by atomic mass is 9.96. The van der Waals surface area contributed by atoms with Crippen molar-refractivity contribution < 1.29 is 9.84 Å². The Labute approximate surface area is 148 Å². The largest absolute Gasteiger partial charge is 0.491 e. The first-order valence-corrected chi connectivity index (χ1v) is 8.74. The molecule has 6 nitrogen and oxygen atoms in total. The minimum atomic E-state index is -0.515. The van der Waals surface area contributed by atoms with Gasteiger partial charge in [-0.15, -0.1) is 0 Å². The minimum Gasteiger partial charge on any atom is -0.491 e. The van der Waals surface area contributed by atoms with E-state index in [1.807, 2.05) is 23.1 Å². The maximum absolute atomic E-state index is 10.2. The van der Waals surface area contributed by atoms with Crippen LogP contribution in [0.25, 0.3) is 0 Å². The predicted molar refractivity (Wildman–Crippen MR) is 94.0 cm³/mol. The highest BCUT2D eigenvalue weighted by Crippen LogP contribution is 2.19. The molecule has 6 heteroatoms. The number of rotatable bonds is 7. The Bertz CT molecular complexity index is 670. The molecule has 1 atom stereocenters. The van der Waals surface area contributed by atoms with Gasteiger partial charge in [-0.25, -0.2) is 0 Å². The quantitative estimate of drug-likeness (QED) is 0.833. The van der Waals surface area contributed by atoms with Crippen LogP contribution in [0.15, 0.2) is 42.7 Å². The van der Waals surface area contributed by atoms with Gasteiger partial charge in [-0.1, -0.05) is 0 Å². The number of nitriles is 1. The van der Waals surface area contributed by atoms with Crippen molar-refractivity contribution in [3.63, 3.8) is 0 Å². The third-order valence-corrected chi connectivity index (χ3v) is 4.61. The lowest BCUT2D eigenvalue weighted by Gasteiger charge is -2.33. The average molecular weight is 340 g/mol. The molecule has 0 radical (unpaired) electrons. The molecule has 1 N–H and O–H groups in total. The summed E-state index contributed by atoms with van der Waals surface area (Å²) in [5.41, 5.74) is 0.603. The van der Waals surface area contributed by atoms with Crippen molar-refractivity contribution in [2.24, 2.45) is 5.92 Å². The molecule has 1 aliphatic rings. The Balaban J connectivity index is 1.35. The van der Waals surface area contributed by atoms with E-state index in [4.69, 9.17) is 10.00 Å². The number of β-amino-alcohol motifs (C(OH)–C–C–N with tert-alkyl or cyclic N) is 1. The molecule has 1 aromatic carbocycles. The van der Waals surface area contributed by atoms with E-state index < -0.39 is 6.10 Å². The zero-order valence-electron chi connectivity index (χ0n) is 14.3. The highest BCUT2D eigenvalue weighted by molar-refractivity contribution is 5.34. The van der Waals surface area contributed by atoms with Crippen molar-refractivity contribution in [3.8, 4) is 11.8 Å². The van der Waals surface area contributed by atoms with Gasteiger partial charge in [0.15, 0.2) is 0 Å². The summed E-state index contributed by atoms with van der Waals surface area (Å²) in [5, 5.41) is 23.3. The molecule has 1 fully saturated rings. The summed E-state index contributed by atoms with van der Waals surface area (Å²) < 4.78 is 7.60. The number of nitrogens with zero attached hydrogens (tertiary/aromatic N) is 4. The van der Waals surface area contributed by atoms with Crippen LogP contribution in [0.5, 0.6) is 5.75 Å². The number of aromatic nitrogens is 2. The summed E-state index contributed by atoms with van der Waals surface area (Å²) in [6.07, 6.45) is 5.57. The second-order valence-corrected chi connectivity index (χ2v) is 6.57. The predicted octanol–water partition coefficient (Wildman–Crippen LogP) is 1.91. The van der Waals surface area contributed by atoms with Crippen LogP contribution in [0.3, 0.4) is 0 Å². The van der Waals surface area contributed by atoms with E-state index in [2.05, 4.69) is 16.1 Å². The normalized spacial score (nSPS) is 17.1. The number of benzene rings is 1. The van der Waals surface area contributed by atoms with Gasteiger partial charge in [0.2, 0.25) is 0 Å². The third-order valence-electron chi connectivity index (χ3n) is 4.61. The van der Waals surface area contributed by atoms with Gasteiger partial charge >= 0.3 is 0 Å². The summed E-state index contributed by atoms with van der Waals surface area (Å²) >= 11 is 0. The van der Waals surface area contributed by atoms with Crippen molar-refractivity contribution in [2.75, 3.05) is 26.2 Å². The van der Waals surface area contributed by atoms with Crippen LogP contribution in [0.1, 0.15) is 18.4 Å². The van der Waals surface area contributed by atoms with Crippen LogP contribution in [0, 0.1) is 17.2 Å². The van der Waals surface area contributed by atoms with Gasteiger partial charge in [-0.3, -0.25) is 4.68 Å². The van der Waals surface area contributed by atoms with E-state index in [9.17, 15) is 5.11 Å². The Morgan fingerprint density at radius 2 is 2.04 bits per heavy atom. The molecule has 1 aliphatic heterocycles. The average Bonchev–Trinajstić information content (AvgIpc) is 3.15. The van der Waals surface area contributed by atoms with Gasteiger partial charge in [0.25, 0.3) is 0 Å². The topological polar surface area (TPSA) is 74.3 Å². The number of likely N-dealkylation sites (tertiary alicyclic amines) is 1. The molecule has 0 spiro atoms. The lowest BCUT2D eigenvalue weighted by molar-refractivity contribution is 0.0534.